The molecule has 0 spiro atoms. The summed E-state index contributed by atoms with van der Waals surface area (Å²) in [6.45, 7) is 8.27. The van der Waals surface area contributed by atoms with Gasteiger partial charge in [-0.1, -0.05) is 30.7 Å². The minimum Gasteiger partial charge on any atom is -0.495 e. The van der Waals surface area contributed by atoms with Crippen LogP contribution in [0.25, 0.3) is 0 Å². The van der Waals surface area contributed by atoms with Gasteiger partial charge in [0.15, 0.2) is 15.7 Å². The fraction of sp³-hybridized carbons (Fsp3) is 0.407. The van der Waals surface area contributed by atoms with Crippen LogP contribution in [0.5, 0.6) is 11.5 Å². The molecule has 10 nitrogen and oxygen atoms in total. The quantitative estimate of drug-likeness (QED) is 0.335. The van der Waals surface area contributed by atoms with Crippen molar-refractivity contribution in [1.29, 1.82) is 0 Å². The van der Waals surface area contributed by atoms with Gasteiger partial charge in [0.05, 0.1) is 55.2 Å². The maximum Gasteiger partial charge on any atom is 0.229 e. The van der Waals surface area contributed by atoms with Crippen molar-refractivity contribution in [2.75, 3.05) is 63.5 Å². The molecular formula is C27H36ClN5O5S. The van der Waals surface area contributed by atoms with Gasteiger partial charge in [0.25, 0.3) is 0 Å². The highest BCUT2D eigenvalue weighted by molar-refractivity contribution is 7.91. The summed E-state index contributed by atoms with van der Waals surface area (Å²) in [6, 6.07) is 12.0. The van der Waals surface area contributed by atoms with Crippen LogP contribution in [0, 0.1) is 0 Å². The summed E-state index contributed by atoms with van der Waals surface area (Å²) in [5.41, 5.74) is 1.00. The van der Waals surface area contributed by atoms with E-state index in [-0.39, 0.29) is 27.4 Å². The van der Waals surface area contributed by atoms with Gasteiger partial charge in [-0.2, -0.15) is 4.98 Å². The van der Waals surface area contributed by atoms with Crippen LogP contribution in [0.4, 0.5) is 23.1 Å². The van der Waals surface area contributed by atoms with Gasteiger partial charge in [-0.05, 0) is 44.7 Å². The third-order valence-corrected chi connectivity index (χ3v) is 7.90. The largest absolute Gasteiger partial charge is 0.495 e. The molecule has 4 rings (SSSR count). The fourth-order valence-corrected chi connectivity index (χ4v) is 5.31. The fourth-order valence-electron chi connectivity index (χ4n) is 3.68. The maximum atomic E-state index is 12.6. The number of sulfone groups is 1. The summed E-state index contributed by atoms with van der Waals surface area (Å²) in [6.07, 6.45) is 1.95. The van der Waals surface area contributed by atoms with Crippen molar-refractivity contribution in [2.45, 2.75) is 25.2 Å². The second-order valence-electron chi connectivity index (χ2n) is 8.67. The van der Waals surface area contributed by atoms with Gasteiger partial charge in [0, 0.05) is 19.2 Å². The zero-order valence-corrected chi connectivity index (χ0v) is 24.3. The molecule has 1 aromatic heterocycles. The molecule has 1 fully saturated rings. The second kappa shape index (κ2) is 14.9. The molecule has 0 radical (unpaired) electrons. The van der Waals surface area contributed by atoms with E-state index >= 15 is 0 Å². The van der Waals surface area contributed by atoms with E-state index in [1.165, 1.54) is 6.20 Å². The van der Waals surface area contributed by atoms with Crippen molar-refractivity contribution in [2.24, 2.45) is 0 Å². The van der Waals surface area contributed by atoms with Gasteiger partial charge in [-0.25, -0.2) is 13.4 Å². The lowest BCUT2D eigenvalue weighted by molar-refractivity contribution is 0.0503. The monoisotopic (exact) mass is 577 g/mol. The molecule has 1 aliphatic heterocycles. The van der Waals surface area contributed by atoms with Crippen LogP contribution in [0.2, 0.25) is 5.02 Å². The Labute approximate surface area is 235 Å². The molecule has 0 amide bonds. The van der Waals surface area contributed by atoms with E-state index in [2.05, 4.69) is 32.5 Å². The minimum absolute atomic E-state index is 0.0476. The lowest BCUT2D eigenvalue weighted by Crippen LogP contribution is -2.32. The van der Waals surface area contributed by atoms with Gasteiger partial charge in [0.1, 0.15) is 16.5 Å². The highest BCUT2D eigenvalue weighted by Gasteiger charge is 2.19. The average molecular weight is 578 g/mol. The Hall–Kier alpha value is -3.12. The third-order valence-electron chi connectivity index (χ3n) is 5.66. The standard InChI is InChI=1S/C22H25ClN4O4S.C5H11NO/c1-4-12-32(28,29)20-9-7-6-8-17(20)25-21-16(23)14-24-22(27-21)26-18-13-15(31-5-2)10-11-19(18)30-3;1-6-2-4-7-5-3-6/h6-11,13-14H,4-5,12H2,1-3H3,(H2,24,25,26,27);2-5H2,1H3. The third kappa shape index (κ3) is 8.96. The van der Waals surface area contributed by atoms with Crippen molar-refractivity contribution in [3.8, 4) is 11.5 Å². The van der Waals surface area contributed by atoms with Crippen LogP contribution in [0.1, 0.15) is 20.3 Å². The van der Waals surface area contributed by atoms with E-state index in [0.29, 0.717) is 35.9 Å². The Morgan fingerprint density at radius 3 is 2.46 bits per heavy atom. The molecule has 39 heavy (non-hydrogen) atoms. The second-order valence-corrected chi connectivity index (χ2v) is 11.2. The van der Waals surface area contributed by atoms with E-state index < -0.39 is 9.84 Å². The molecule has 3 aromatic rings. The van der Waals surface area contributed by atoms with E-state index in [1.54, 1.807) is 49.6 Å². The number of rotatable bonds is 10. The van der Waals surface area contributed by atoms with Crippen LogP contribution in [0.3, 0.4) is 0 Å². The van der Waals surface area contributed by atoms with Crippen molar-refractivity contribution >= 4 is 44.6 Å². The number of nitrogens with one attached hydrogen (secondary N) is 2. The number of para-hydroxylation sites is 1. The Kier molecular flexibility index (Phi) is 11.6. The predicted octanol–water partition coefficient (Wildman–Crippen LogP) is 5.16. The Morgan fingerprint density at radius 1 is 1.08 bits per heavy atom. The minimum atomic E-state index is -3.45. The molecule has 2 aromatic carbocycles. The van der Waals surface area contributed by atoms with Crippen LogP contribution < -0.4 is 20.1 Å². The number of methoxy groups -OCH3 is 1. The van der Waals surface area contributed by atoms with E-state index in [1.807, 2.05) is 13.8 Å². The number of anilines is 4. The van der Waals surface area contributed by atoms with Gasteiger partial charge in [0.2, 0.25) is 5.95 Å². The van der Waals surface area contributed by atoms with Gasteiger partial charge >= 0.3 is 0 Å². The SMILES string of the molecule is CCCS(=O)(=O)c1ccccc1Nc1nc(Nc2cc(OCC)ccc2OC)ncc1Cl.CN1CCOCC1. The average Bonchev–Trinajstić information content (AvgIpc) is 2.92. The zero-order chi connectivity index (χ0) is 28.3. The smallest absolute Gasteiger partial charge is 0.229 e. The molecule has 1 aliphatic rings. The van der Waals surface area contributed by atoms with Crippen molar-refractivity contribution < 1.29 is 22.6 Å². The Balaban J connectivity index is 0.000000520. The van der Waals surface area contributed by atoms with Crippen molar-refractivity contribution in [3.05, 3.63) is 53.7 Å². The Bertz CT molecular complexity index is 1320. The first-order valence-corrected chi connectivity index (χ1v) is 14.8. The summed E-state index contributed by atoms with van der Waals surface area (Å²) in [5, 5.41) is 6.37. The number of hydrogen-bond acceptors (Lipinski definition) is 10. The molecule has 0 saturated carbocycles. The number of ether oxygens (including phenoxy) is 3. The normalized spacial score (nSPS) is 13.7. The summed E-state index contributed by atoms with van der Waals surface area (Å²) < 4.78 is 41.3. The molecule has 212 valence electrons. The molecule has 0 unspecified atom stereocenters. The first-order valence-electron chi connectivity index (χ1n) is 12.7. The lowest BCUT2D eigenvalue weighted by Gasteiger charge is -2.21. The van der Waals surface area contributed by atoms with Gasteiger partial charge in [-0.15, -0.1) is 0 Å². The first-order chi connectivity index (χ1) is 18.8. The van der Waals surface area contributed by atoms with E-state index in [9.17, 15) is 8.42 Å². The van der Waals surface area contributed by atoms with Crippen LogP contribution in [-0.2, 0) is 14.6 Å². The summed E-state index contributed by atoms with van der Waals surface area (Å²) in [5.74, 6) is 1.81. The first kappa shape index (κ1) is 30.4. The summed E-state index contributed by atoms with van der Waals surface area (Å²) in [7, 11) is 0.226. The van der Waals surface area contributed by atoms with E-state index in [4.69, 9.17) is 25.8 Å². The number of halogens is 1. The molecule has 0 atom stereocenters. The molecule has 0 bridgehead atoms. The number of morpholine rings is 1. The summed E-state index contributed by atoms with van der Waals surface area (Å²) >= 11 is 6.29. The Morgan fingerprint density at radius 2 is 1.82 bits per heavy atom. The predicted molar refractivity (Wildman–Crippen MR) is 155 cm³/mol. The highest BCUT2D eigenvalue weighted by Crippen LogP contribution is 2.33. The number of nitrogens with zero attached hydrogens (tertiary/aromatic N) is 3. The summed E-state index contributed by atoms with van der Waals surface area (Å²) in [4.78, 5) is 11.1. The number of hydrogen-bond donors (Lipinski definition) is 2. The van der Waals surface area contributed by atoms with Crippen molar-refractivity contribution in [1.82, 2.24) is 14.9 Å². The molecule has 1 saturated heterocycles. The molecule has 2 N–H and O–H groups in total. The van der Waals surface area contributed by atoms with Gasteiger partial charge < -0.3 is 29.7 Å². The van der Waals surface area contributed by atoms with Gasteiger partial charge in [-0.3, -0.25) is 0 Å². The number of likely N-dealkylation sites (N-methyl/N-ethyl adjacent to an activating group) is 1. The van der Waals surface area contributed by atoms with Crippen LogP contribution in [-0.4, -0.2) is 76.1 Å². The molecular weight excluding hydrogens is 542 g/mol. The number of benzene rings is 2. The van der Waals surface area contributed by atoms with Crippen LogP contribution >= 0.6 is 11.6 Å². The topological polar surface area (TPSA) is 115 Å². The highest BCUT2D eigenvalue weighted by atomic mass is 35.5. The number of aromatic nitrogens is 2. The molecule has 12 heteroatoms. The van der Waals surface area contributed by atoms with E-state index in [0.717, 1.165) is 26.3 Å². The zero-order valence-electron chi connectivity index (χ0n) is 22.7. The van der Waals surface area contributed by atoms with Crippen LogP contribution in [0.15, 0.2) is 53.6 Å². The molecule has 0 aliphatic carbocycles. The van der Waals surface area contributed by atoms with Crippen molar-refractivity contribution in [3.63, 3.8) is 0 Å². The molecule has 2 heterocycles. The lowest BCUT2D eigenvalue weighted by atomic mass is 10.2. The maximum absolute atomic E-state index is 12.6.